The van der Waals surface area contributed by atoms with Crippen LogP contribution in [0.2, 0.25) is 0 Å². The number of rotatable bonds is 3. The minimum Gasteiger partial charge on any atom is -0.305 e. The highest BCUT2D eigenvalue weighted by molar-refractivity contribution is 7.99. The molecular weight excluding hydrogens is 284 g/mol. The van der Waals surface area contributed by atoms with E-state index >= 15 is 0 Å². The second-order valence-electron chi connectivity index (χ2n) is 7.73. The Labute approximate surface area is 132 Å². The van der Waals surface area contributed by atoms with Crippen molar-refractivity contribution in [2.45, 2.75) is 58.9 Å². The van der Waals surface area contributed by atoms with E-state index in [4.69, 9.17) is 4.98 Å². The summed E-state index contributed by atoms with van der Waals surface area (Å²) >= 11 is 3.90. The molecule has 1 unspecified atom stereocenters. The molecule has 1 aromatic rings. The minimum atomic E-state index is 0.0648. The summed E-state index contributed by atoms with van der Waals surface area (Å²) in [7, 11) is 0. The van der Waals surface area contributed by atoms with Gasteiger partial charge in [0.25, 0.3) is 0 Å². The molecule has 0 spiro atoms. The van der Waals surface area contributed by atoms with Crippen molar-refractivity contribution in [2.75, 3.05) is 18.1 Å². The van der Waals surface area contributed by atoms with Gasteiger partial charge < -0.3 is 5.32 Å². The first kappa shape index (κ1) is 16.3. The van der Waals surface area contributed by atoms with E-state index in [1.165, 1.54) is 22.9 Å². The molecule has 2 rings (SSSR count). The summed E-state index contributed by atoms with van der Waals surface area (Å²) < 4.78 is 0. The smallest absolute Gasteiger partial charge is 0.114 e. The SMILES string of the molecule is CCNC1(c2nc(C(C)(C)C)cs2)CSCC(C)(C)C1. The molecule has 0 bridgehead atoms. The van der Waals surface area contributed by atoms with Gasteiger partial charge in [-0.25, -0.2) is 4.98 Å². The zero-order valence-electron chi connectivity index (χ0n) is 13.7. The summed E-state index contributed by atoms with van der Waals surface area (Å²) in [6, 6.07) is 0. The van der Waals surface area contributed by atoms with Crippen molar-refractivity contribution >= 4 is 23.1 Å². The van der Waals surface area contributed by atoms with Crippen LogP contribution in [0, 0.1) is 5.41 Å². The van der Waals surface area contributed by atoms with E-state index in [9.17, 15) is 0 Å². The Morgan fingerprint density at radius 3 is 2.50 bits per heavy atom. The van der Waals surface area contributed by atoms with Crippen molar-refractivity contribution in [1.82, 2.24) is 10.3 Å². The third-order valence-corrected chi connectivity index (χ3v) is 6.55. The molecule has 0 saturated carbocycles. The summed E-state index contributed by atoms with van der Waals surface area (Å²) in [6.45, 7) is 14.7. The van der Waals surface area contributed by atoms with Crippen LogP contribution in [-0.2, 0) is 11.0 Å². The van der Waals surface area contributed by atoms with Crippen LogP contribution in [0.15, 0.2) is 5.38 Å². The molecule has 114 valence electrons. The maximum atomic E-state index is 5.00. The van der Waals surface area contributed by atoms with Crippen LogP contribution in [0.5, 0.6) is 0 Å². The highest BCUT2D eigenvalue weighted by atomic mass is 32.2. The van der Waals surface area contributed by atoms with E-state index < -0.39 is 0 Å². The third kappa shape index (κ3) is 3.40. The van der Waals surface area contributed by atoms with Crippen molar-refractivity contribution < 1.29 is 0 Å². The summed E-state index contributed by atoms with van der Waals surface area (Å²) in [4.78, 5) is 5.00. The van der Waals surface area contributed by atoms with Gasteiger partial charge in [-0.1, -0.05) is 41.5 Å². The van der Waals surface area contributed by atoms with Crippen molar-refractivity contribution in [3.8, 4) is 0 Å². The van der Waals surface area contributed by atoms with Gasteiger partial charge in [0.15, 0.2) is 0 Å². The molecule has 0 aliphatic carbocycles. The average molecular weight is 313 g/mol. The Morgan fingerprint density at radius 1 is 1.30 bits per heavy atom. The molecule has 20 heavy (non-hydrogen) atoms. The van der Waals surface area contributed by atoms with Gasteiger partial charge in [-0.15, -0.1) is 11.3 Å². The van der Waals surface area contributed by atoms with Crippen LogP contribution in [0.3, 0.4) is 0 Å². The van der Waals surface area contributed by atoms with Crippen LogP contribution < -0.4 is 5.32 Å². The Morgan fingerprint density at radius 2 is 2.00 bits per heavy atom. The van der Waals surface area contributed by atoms with Gasteiger partial charge in [0.2, 0.25) is 0 Å². The van der Waals surface area contributed by atoms with Crippen molar-refractivity contribution in [3.05, 3.63) is 16.1 Å². The molecule has 2 nitrogen and oxygen atoms in total. The second-order valence-corrected chi connectivity index (χ2v) is 9.58. The molecule has 1 aromatic heterocycles. The monoisotopic (exact) mass is 312 g/mol. The third-order valence-electron chi connectivity index (χ3n) is 3.82. The standard InChI is InChI=1S/C16H28N2S2/c1-7-17-16(9-15(5,6)10-19-11-16)13-18-12(8-20-13)14(2,3)4/h8,17H,7,9-11H2,1-6H3. The Balaban J connectivity index is 2.35. The van der Waals surface area contributed by atoms with E-state index in [0.29, 0.717) is 5.41 Å². The summed E-state index contributed by atoms with van der Waals surface area (Å²) in [5, 5.41) is 7.29. The number of thiazole rings is 1. The molecule has 4 heteroatoms. The van der Waals surface area contributed by atoms with Gasteiger partial charge in [0, 0.05) is 16.5 Å². The van der Waals surface area contributed by atoms with E-state index in [2.05, 4.69) is 64.0 Å². The molecule has 1 atom stereocenters. The quantitative estimate of drug-likeness (QED) is 0.895. The number of aromatic nitrogens is 1. The molecule has 1 aliphatic rings. The lowest BCUT2D eigenvalue weighted by Crippen LogP contribution is -2.50. The summed E-state index contributed by atoms with van der Waals surface area (Å²) in [6.07, 6.45) is 1.18. The van der Waals surface area contributed by atoms with Gasteiger partial charge in [0.1, 0.15) is 5.01 Å². The zero-order chi connectivity index (χ0) is 15.0. The Hall–Kier alpha value is -0.0600. The number of nitrogens with one attached hydrogen (secondary N) is 1. The van der Waals surface area contributed by atoms with Gasteiger partial charge in [0.05, 0.1) is 11.2 Å². The molecule has 0 aromatic carbocycles. The summed E-state index contributed by atoms with van der Waals surface area (Å²) in [5.41, 5.74) is 1.80. The van der Waals surface area contributed by atoms with Gasteiger partial charge in [-0.05, 0) is 24.1 Å². The molecule has 1 fully saturated rings. The number of thioether (sulfide) groups is 1. The fourth-order valence-electron chi connectivity index (χ4n) is 2.92. The Bertz CT molecular complexity index is 455. The number of nitrogens with zero attached hydrogens (tertiary/aromatic N) is 1. The fourth-order valence-corrected chi connectivity index (χ4v) is 5.68. The molecular formula is C16H28N2S2. The predicted molar refractivity (Wildman–Crippen MR) is 91.9 cm³/mol. The number of hydrogen-bond acceptors (Lipinski definition) is 4. The van der Waals surface area contributed by atoms with Crippen LogP contribution in [0.25, 0.3) is 0 Å². The summed E-state index contributed by atoms with van der Waals surface area (Å²) in [5.74, 6) is 2.39. The second kappa shape index (κ2) is 5.62. The highest BCUT2D eigenvalue weighted by Crippen LogP contribution is 2.45. The molecule has 1 aliphatic heterocycles. The minimum absolute atomic E-state index is 0.0648. The lowest BCUT2D eigenvalue weighted by molar-refractivity contribution is 0.226. The van der Waals surface area contributed by atoms with E-state index in [1.54, 1.807) is 0 Å². The molecule has 2 heterocycles. The fraction of sp³-hybridized carbons (Fsp3) is 0.812. The van der Waals surface area contributed by atoms with Crippen LogP contribution in [0.4, 0.5) is 0 Å². The van der Waals surface area contributed by atoms with Crippen molar-refractivity contribution in [2.24, 2.45) is 5.41 Å². The Kier molecular flexibility index (Phi) is 4.58. The molecule has 0 amide bonds. The first-order valence-electron chi connectivity index (χ1n) is 7.48. The van der Waals surface area contributed by atoms with Crippen LogP contribution in [-0.4, -0.2) is 23.0 Å². The lowest BCUT2D eigenvalue weighted by atomic mass is 9.80. The van der Waals surface area contributed by atoms with E-state index in [1.807, 2.05) is 11.3 Å². The normalized spacial score (nSPS) is 26.7. The van der Waals surface area contributed by atoms with E-state index in [-0.39, 0.29) is 11.0 Å². The topological polar surface area (TPSA) is 24.9 Å². The van der Waals surface area contributed by atoms with Gasteiger partial charge >= 0.3 is 0 Å². The van der Waals surface area contributed by atoms with E-state index in [0.717, 1.165) is 12.3 Å². The lowest BCUT2D eigenvalue weighted by Gasteiger charge is -2.44. The van der Waals surface area contributed by atoms with Gasteiger partial charge in [-0.2, -0.15) is 11.8 Å². The number of hydrogen-bond donors (Lipinski definition) is 1. The molecule has 1 N–H and O–H groups in total. The predicted octanol–water partition coefficient (Wildman–Crippen LogP) is 4.41. The molecule has 0 radical (unpaired) electrons. The van der Waals surface area contributed by atoms with Crippen molar-refractivity contribution in [1.29, 1.82) is 0 Å². The maximum Gasteiger partial charge on any atom is 0.114 e. The first-order valence-corrected chi connectivity index (χ1v) is 9.51. The van der Waals surface area contributed by atoms with Crippen molar-refractivity contribution in [3.63, 3.8) is 0 Å². The maximum absolute atomic E-state index is 5.00. The van der Waals surface area contributed by atoms with Crippen LogP contribution in [0.1, 0.15) is 58.7 Å². The largest absolute Gasteiger partial charge is 0.305 e. The first-order chi connectivity index (χ1) is 9.19. The zero-order valence-corrected chi connectivity index (χ0v) is 15.3. The molecule has 1 saturated heterocycles. The van der Waals surface area contributed by atoms with Gasteiger partial charge in [-0.3, -0.25) is 0 Å². The average Bonchev–Trinajstić information content (AvgIpc) is 2.77. The van der Waals surface area contributed by atoms with Crippen LogP contribution >= 0.6 is 23.1 Å². The highest BCUT2D eigenvalue weighted by Gasteiger charge is 2.43.